The average molecular weight is 457 g/mol. The molecule has 0 unspecified atom stereocenters. The summed E-state index contributed by atoms with van der Waals surface area (Å²) in [4.78, 5) is 0. The van der Waals surface area contributed by atoms with Crippen molar-refractivity contribution in [2.24, 2.45) is 0 Å². The molecule has 21 heavy (non-hydrogen) atoms. The number of hydrogen-bond donors (Lipinski definition) is 1. The lowest BCUT2D eigenvalue weighted by Gasteiger charge is -2.10. The molecule has 0 aliphatic carbocycles. The number of rotatable bonds is 5. The van der Waals surface area contributed by atoms with Crippen molar-refractivity contribution in [3.05, 3.63) is 32.5 Å². The Morgan fingerprint density at radius 1 is 1.05 bits per heavy atom. The van der Waals surface area contributed by atoms with Gasteiger partial charge >= 0.3 is 0 Å². The van der Waals surface area contributed by atoms with Crippen LogP contribution in [-0.2, 0) is 10.0 Å². The van der Waals surface area contributed by atoms with Crippen LogP contribution in [0, 0.1) is 0 Å². The first kappa shape index (κ1) is 16.6. The molecular formula is C12H11Br2NO4S2. The highest BCUT2D eigenvalue weighted by molar-refractivity contribution is 9.13. The van der Waals surface area contributed by atoms with E-state index in [9.17, 15) is 8.42 Å². The van der Waals surface area contributed by atoms with Gasteiger partial charge in [0.2, 0.25) is 0 Å². The van der Waals surface area contributed by atoms with Gasteiger partial charge in [-0.1, -0.05) is 0 Å². The molecule has 0 aliphatic heterocycles. The molecule has 1 N–H and O–H groups in total. The molecule has 0 amide bonds. The molecule has 0 spiro atoms. The summed E-state index contributed by atoms with van der Waals surface area (Å²) in [5.41, 5.74) is 0.367. The Morgan fingerprint density at radius 2 is 1.62 bits per heavy atom. The Kier molecular flexibility index (Phi) is 5.18. The van der Waals surface area contributed by atoms with Gasteiger partial charge in [0.05, 0.1) is 23.7 Å². The maximum atomic E-state index is 12.3. The largest absolute Gasteiger partial charge is 0.497 e. The zero-order valence-electron chi connectivity index (χ0n) is 11.0. The monoisotopic (exact) mass is 455 g/mol. The van der Waals surface area contributed by atoms with Crippen molar-refractivity contribution in [1.29, 1.82) is 0 Å². The highest BCUT2D eigenvalue weighted by Crippen LogP contribution is 2.36. The van der Waals surface area contributed by atoms with Crippen molar-refractivity contribution in [3.8, 4) is 11.5 Å². The first-order valence-corrected chi connectivity index (χ1v) is 9.45. The molecule has 0 aliphatic rings. The van der Waals surface area contributed by atoms with Crippen LogP contribution in [0.5, 0.6) is 11.5 Å². The van der Waals surface area contributed by atoms with E-state index < -0.39 is 10.0 Å². The van der Waals surface area contributed by atoms with Crippen molar-refractivity contribution >= 4 is 58.9 Å². The molecule has 2 rings (SSSR count). The molecule has 0 saturated heterocycles. The minimum absolute atomic E-state index is 0.197. The van der Waals surface area contributed by atoms with Crippen LogP contribution in [0.1, 0.15) is 0 Å². The van der Waals surface area contributed by atoms with E-state index in [1.807, 2.05) is 0 Å². The van der Waals surface area contributed by atoms with Crippen LogP contribution in [0.4, 0.5) is 5.69 Å². The Morgan fingerprint density at radius 3 is 2.05 bits per heavy atom. The van der Waals surface area contributed by atoms with E-state index in [4.69, 9.17) is 9.47 Å². The first-order chi connectivity index (χ1) is 9.85. The summed E-state index contributed by atoms with van der Waals surface area (Å²) in [5.74, 6) is 1.00. The highest BCUT2D eigenvalue weighted by Gasteiger charge is 2.19. The Bertz CT molecular complexity index is 717. The normalized spacial score (nSPS) is 11.2. The average Bonchev–Trinajstić information content (AvgIpc) is 2.78. The van der Waals surface area contributed by atoms with E-state index in [-0.39, 0.29) is 4.21 Å². The Hall–Kier alpha value is -0.770. The van der Waals surface area contributed by atoms with Gasteiger partial charge in [-0.05, 0) is 37.9 Å². The van der Waals surface area contributed by atoms with E-state index >= 15 is 0 Å². The fourth-order valence-corrected chi connectivity index (χ4v) is 5.39. The molecule has 0 radical (unpaired) electrons. The zero-order valence-corrected chi connectivity index (χ0v) is 15.8. The molecule has 2 aromatic rings. The second-order valence-corrected chi connectivity index (χ2v) is 9.03. The van der Waals surface area contributed by atoms with Crippen LogP contribution in [0.25, 0.3) is 0 Å². The number of hydrogen-bond acceptors (Lipinski definition) is 5. The van der Waals surface area contributed by atoms with Crippen molar-refractivity contribution < 1.29 is 17.9 Å². The lowest BCUT2D eigenvalue weighted by atomic mass is 10.3. The summed E-state index contributed by atoms with van der Waals surface area (Å²) in [6.45, 7) is 0. The van der Waals surface area contributed by atoms with Crippen molar-refractivity contribution in [1.82, 2.24) is 0 Å². The minimum atomic E-state index is -3.67. The predicted molar refractivity (Wildman–Crippen MR) is 90.1 cm³/mol. The van der Waals surface area contributed by atoms with E-state index in [1.54, 1.807) is 18.2 Å². The maximum absolute atomic E-state index is 12.3. The highest BCUT2D eigenvalue weighted by atomic mass is 79.9. The summed E-state index contributed by atoms with van der Waals surface area (Å²) >= 11 is 7.67. The number of nitrogens with one attached hydrogen (secondary N) is 1. The third kappa shape index (κ3) is 3.91. The third-order valence-electron chi connectivity index (χ3n) is 2.49. The standard InChI is InChI=1S/C12H11Br2NO4S2/c1-18-8-3-7(4-9(5-8)19-2)15-21(16,17)11-6-10(13)12(14)20-11/h3-6,15H,1-2H3. The summed E-state index contributed by atoms with van der Waals surface area (Å²) in [6.07, 6.45) is 0. The maximum Gasteiger partial charge on any atom is 0.271 e. The Labute approximate surface area is 143 Å². The summed E-state index contributed by atoms with van der Waals surface area (Å²) < 4.78 is 39.0. The zero-order chi connectivity index (χ0) is 15.6. The van der Waals surface area contributed by atoms with Crippen molar-refractivity contribution in [3.63, 3.8) is 0 Å². The van der Waals surface area contributed by atoms with Crippen LogP contribution < -0.4 is 14.2 Å². The molecule has 0 saturated carbocycles. The van der Waals surface area contributed by atoms with E-state index in [0.29, 0.717) is 25.4 Å². The number of benzene rings is 1. The van der Waals surface area contributed by atoms with Crippen LogP contribution in [0.2, 0.25) is 0 Å². The third-order valence-corrected chi connectivity index (χ3v) is 7.60. The van der Waals surface area contributed by atoms with Gasteiger partial charge < -0.3 is 9.47 Å². The molecule has 0 atom stereocenters. The molecule has 1 heterocycles. The molecule has 1 aromatic carbocycles. The van der Waals surface area contributed by atoms with Gasteiger partial charge in [0, 0.05) is 22.7 Å². The van der Waals surface area contributed by atoms with Crippen LogP contribution >= 0.6 is 43.2 Å². The van der Waals surface area contributed by atoms with Gasteiger partial charge in [0.25, 0.3) is 10.0 Å². The van der Waals surface area contributed by atoms with E-state index in [0.717, 1.165) is 11.3 Å². The van der Waals surface area contributed by atoms with Gasteiger partial charge in [-0.2, -0.15) is 0 Å². The number of sulfonamides is 1. The fourth-order valence-electron chi connectivity index (χ4n) is 1.53. The van der Waals surface area contributed by atoms with Crippen molar-refractivity contribution in [2.75, 3.05) is 18.9 Å². The Balaban J connectivity index is 2.36. The molecule has 0 bridgehead atoms. The topological polar surface area (TPSA) is 64.6 Å². The number of halogens is 2. The van der Waals surface area contributed by atoms with Gasteiger partial charge in [0.1, 0.15) is 15.7 Å². The molecular weight excluding hydrogens is 446 g/mol. The lowest BCUT2D eigenvalue weighted by molar-refractivity contribution is 0.395. The number of methoxy groups -OCH3 is 2. The van der Waals surface area contributed by atoms with Gasteiger partial charge in [0.15, 0.2) is 0 Å². The molecule has 0 fully saturated rings. The molecule has 9 heteroatoms. The van der Waals surface area contributed by atoms with Crippen molar-refractivity contribution in [2.45, 2.75) is 4.21 Å². The first-order valence-electron chi connectivity index (χ1n) is 5.56. The second kappa shape index (κ2) is 6.55. The quantitative estimate of drug-likeness (QED) is 0.735. The number of anilines is 1. The number of ether oxygens (including phenoxy) is 2. The van der Waals surface area contributed by atoms with E-state index in [2.05, 4.69) is 36.6 Å². The lowest BCUT2D eigenvalue weighted by Crippen LogP contribution is -2.11. The second-order valence-electron chi connectivity index (χ2n) is 3.89. The van der Waals surface area contributed by atoms with Gasteiger partial charge in [-0.15, -0.1) is 11.3 Å². The smallest absolute Gasteiger partial charge is 0.271 e. The van der Waals surface area contributed by atoms with Gasteiger partial charge in [-0.25, -0.2) is 8.42 Å². The predicted octanol–water partition coefficient (Wildman–Crippen LogP) is 4.09. The fraction of sp³-hybridized carbons (Fsp3) is 0.167. The summed E-state index contributed by atoms with van der Waals surface area (Å²) in [5, 5.41) is 0. The summed E-state index contributed by atoms with van der Waals surface area (Å²) in [7, 11) is -0.666. The van der Waals surface area contributed by atoms with Gasteiger partial charge in [-0.3, -0.25) is 4.72 Å². The summed E-state index contributed by atoms with van der Waals surface area (Å²) in [6, 6.07) is 6.36. The molecule has 1 aromatic heterocycles. The molecule has 5 nitrogen and oxygen atoms in total. The van der Waals surface area contributed by atoms with Crippen LogP contribution in [0.3, 0.4) is 0 Å². The number of thiophene rings is 1. The van der Waals surface area contributed by atoms with Crippen LogP contribution in [0.15, 0.2) is 36.7 Å². The molecule has 114 valence electrons. The van der Waals surface area contributed by atoms with E-state index in [1.165, 1.54) is 20.3 Å². The SMILES string of the molecule is COc1cc(NS(=O)(=O)c2cc(Br)c(Br)s2)cc(OC)c1. The van der Waals surface area contributed by atoms with Crippen LogP contribution in [-0.4, -0.2) is 22.6 Å². The minimum Gasteiger partial charge on any atom is -0.497 e.